The monoisotopic (exact) mass is 494 g/mol. The summed E-state index contributed by atoms with van der Waals surface area (Å²) in [4.78, 5) is 16.1. The Morgan fingerprint density at radius 2 is 1.88 bits per heavy atom. The van der Waals surface area contributed by atoms with Gasteiger partial charge in [0.2, 0.25) is 5.91 Å². The number of guanidine groups is 1. The smallest absolute Gasteiger partial charge is 0.223 e. The van der Waals surface area contributed by atoms with E-state index in [1.807, 2.05) is 26.0 Å². The van der Waals surface area contributed by atoms with Crippen molar-refractivity contribution < 1.29 is 9.53 Å². The zero-order chi connectivity index (χ0) is 18.1. The van der Waals surface area contributed by atoms with E-state index in [-0.39, 0.29) is 41.9 Å². The Balaban J connectivity index is 0.00000338. The Labute approximate surface area is 177 Å². The summed E-state index contributed by atoms with van der Waals surface area (Å²) in [6.07, 6.45) is 1.98. The highest BCUT2D eigenvalue weighted by Crippen LogP contribution is 2.28. The first-order chi connectivity index (χ1) is 12.1. The van der Waals surface area contributed by atoms with Gasteiger partial charge in [0.15, 0.2) is 5.96 Å². The number of carbonyl (C=O) groups excluding carboxylic acids is 1. The van der Waals surface area contributed by atoms with Gasteiger partial charge in [-0.05, 0) is 51.0 Å². The predicted molar refractivity (Wildman–Crippen MR) is 117 cm³/mol. The molecule has 6 nitrogen and oxygen atoms in total. The van der Waals surface area contributed by atoms with Crippen molar-refractivity contribution in [2.24, 2.45) is 10.9 Å². The number of nitrogens with one attached hydrogen (secondary N) is 3. The van der Waals surface area contributed by atoms with Gasteiger partial charge in [0.1, 0.15) is 11.9 Å². The molecule has 1 aliphatic rings. The molecule has 1 unspecified atom stereocenters. The fraction of sp³-hybridized carbons (Fsp3) is 0.556. The topological polar surface area (TPSA) is 74.8 Å². The van der Waals surface area contributed by atoms with Crippen LogP contribution in [0.2, 0.25) is 5.02 Å². The highest BCUT2D eigenvalue weighted by molar-refractivity contribution is 14.0. The summed E-state index contributed by atoms with van der Waals surface area (Å²) >= 11 is 5.87. The van der Waals surface area contributed by atoms with Gasteiger partial charge in [-0.15, -0.1) is 24.0 Å². The first-order valence-corrected chi connectivity index (χ1v) is 9.18. The number of benzene rings is 1. The van der Waals surface area contributed by atoms with Gasteiger partial charge in [-0.1, -0.05) is 11.6 Å². The minimum absolute atomic E-state index is 0. The lowest BCUT2D eigenvalue weighted by Crippen LogP contribution is -2.42. The van der Waals surface area contributed by atoms with Crippen molar-refractivity contribution >= 4 is 47.4 Å². The molecule has 0 heterocycles. The van der Waals surface area contributed by atoms with E-state index in [0.29, 0.717) is 24.7 Å². The van der Waals surface area contributed by atoms with Gasteiger partial charge in [-0.25, -0.2) is 4.99 Å². The van der Waals surface area contributed by atoms with Crippen LogP contribution in [0, 0.1) is 5.92 Å². The van der Waals surface area contributed by atoms with Crippen molar-refractivity contribution in [3.8, 4) is 5.75 Å². The minimum Gasteiger partial charge on any atom is -0.489 e. The molecule has 3 N–H and O–H groups in total. The molecule has 26 heavy (non-hydrogen) atoms. The second-order valence-electron chi connectivity index (χ2n) is 6.09. The minimum atomic E-state index is -0.0637. The number of hydrogen-bond acceptors (Lipinski definition) is 3. The highest BCUT2D eigenvalue weighted by Gasteiger charge is 2.28. The normalized spacial score (nSPS) is 14.8. The van der Waals surface area contributed by atoms with Crippen LogP contribution in [0.4, 0.5) is 0 Å². The molecule has 1 atom stereocenters. The molecule has 0 saturated heterocycles. The van der Waals surface area contributed by atoms with Crippen molar-refractivity contribution in [1.82, 2.24) is 16.0 Å². The summed E-state index contributed by atoms with van der Waals surface area (Å²) < 4.78 is 5.81. The van der Waals surface area contributed by atoms with Crippen LogP contribution < -0.4 is 20.7 Å². The number of rotatable bonds is 9. The van der Waals surface area contributed by atoms with Crippen LogP contribution in [0.1, 0.15) is 26.7 Å². The molecule has 1 amide bonds. The second-order valence-corrected chi connectivity index (χ2v) is 6.53. The van der Waals surface area contributed by atoms with Crippen molar-refractivity contribution in [3.05, 3.63) is 29.3 Å². The number of hydrogen-bond donors (Lipinski definition) is 3. The summed E-state index contributed by atoms with van der Waals surface area (Å²) in [7, 11) is 0. The third-order valence-electron chi connectivity index (χ3n) is 3.67. The van der Waals surface area contributed by atoms with E-state index < -0.39 is 0 Å². The zero-order valence-electron chi connectivity index (χ0n) is 15.3. The lowest BCUT2D eigenvalue weighted by molar-refractivity contribution is -0.122. The Bertz CT molecular complexity index is 579. The summed E-state index contributed by atoms with van der Waals surface area (Å²) in [5.41, 5.74) is 0. The predicted octanol–water partition coefficient (Wildman–Crippen LogP) is 2.81. The molecule has 0 bridgehead atoms. The molecule has 0 spiro atoms. The number of nitrogens with zero attached hydrogens (tertiary/aromatic N) is 1. The van der Waals surface area contributed by atoms with E-state index in [4.69, 9.17) is 16.3 Å². The molecule has 146 valence electrons. The van der Waals surface area contributed by atoms with Crippen LogP contribution in [0.3, 0.4) is 0 Å². The molecule has 1 aromatic carbocycles. The van der Waals surface area contributed by atoms with E-state index in [9.17, 15) is 4.79 Å². The Kier molecular flexibility index (Phi) is 10.7. The summed E-state index contributed by atoms with van der Waals surface area (Å²) in [6.45, 7) is 6.50. The standard InChI is InChI=1S/C18H27ClN4O2.HI/c1-3-20-18(22-11-10-21-17(24)14-4-5-14)23-12-13(2)25-16-8-6-15(19)7-9-16;/h6-9,13-14H,3-5,10-12H2,1-2H3,(H,21,24)(H2,20,22,23);1H. The first-order valence-electron chi connectivity index (χ1n) is 8.80. The summed E-state index contributed by atoms with van der Waals surface area (Å²) in [6, 6.07) is 7.28. The maximum Gasteiger partial charge on any atom is 0.223 e. The van der Waals surface area contributed by atoms with Gasteiger partial charge in [0.25, 0.3) is 0 Å². The van der Waals surface area contributed by atoms with Gasteiger partial charge < -0.3 is 20.7 Å². The quantitative estimate of drug-likeness (QED) is 0.214. The van der Waals surface area contributed by atoms with E-state index in [0.717, 1.165) is 31.1 Å². The number of aliphatic imine (C=N–C) groups is 1. The molecular weight excluding hydrogens is 467 g/mol. The van der Waals surface area contributed by atoms with Crippen molar-refractivity contribution in [2.75, 3.05) is 26.2 Å². The third-order valence-corrected chi connectivity index (χ3v) is 3.92. The van der Waals surface area contributed by atoms with Gasteiger partial charge in [0, 0.05) is 30.6 Å². The zero-order valence-corrected chi connectivity index (χ0v) is 18.3. The molecule has 1 fully saturated rings. The van der Waals surface area contributed by atoms with Crippen LogP contribution in [0.15, 0.2) is 29.3 Å². The maximum atomic E-state index is 11.6. The van der Waals surface area contributed by atoms with Crippen molar-refractivity contribution in [3.63, 3.8) is 0 Å². The molecule has 1 aromatic rings. The van der Waals surface area contributed by atoms with E-state index in [1.54, 1.807) is 12.1 Å². The average Bonchev–Trinajstić information content (AvgIpc) is 3.43. The van der Waals surface area contributed by atoms with Crippen LogP contribution in [-0.4, -0.2) is 44.1 Å². The Hall–Kier alpha value is -1.22. The molecule has 1 saturated carbocycles. The molecule has 0 aliphatic heterocycles. The largest absolute Gasteiger partial charge is 0.489 e. The van der Waals surface area contributed by atoms with Gasteiger partial charge in [-0.2, -0.15) is 0 Å². The maximum absolute atomic E-state index is 11.6. The fourth-order valence-corrected chi connectivity index (χ4v) is 2.33. The summed E-state index contributed by atoms with van der Waals surface area (Å²) in [5.74, 6) is 1.89. The number of halogens is 2. The SMILES string of the molecule is CCNC(=NCC(C)Oc1ccc(Cl)cc1)NCCNC(=O)C1CC1.I. The molecule has 2 rings (SSSR count). The number of ether oxygens (including phenoxy) is 1. The number of carbonyl (C=O) groups is 1. The van der Waals surface area contributed by atoms with E-state index in [2.05, 4.69) is 20.9 Å². The molecular formula is C18H28ClIN4O2. The molecule has 0 aromatic heterocycles. The fourth-order valence-electron chi connectivity index (χ4n) is 2.20. The highest BCUT2D eigenvalue weighted by atomic mass is 127. The Morgan fingerprint density at radius 1 is 1.23 bits per heavy atom. The molecule has 8 heteroatoms. The third kappa shape index (κ3) is 8.93. The second kappa shape index (κ2) is 12.2. The lowest BCUT2D eigenvalue weighted by Gasteiger charge is -2.15. The van der Waals surface area contributed by atoms with E-state index >= 15 is 0 Å². The van der Waals surface area contributed by atoms with Crippen LogP contribution in [0.5, 0.6) is 5.75 Å². The van der Waals surface area contributed by atoms with E-state index in [1.165, 1.54) is 0 Å². The number of amides is 1. The first kappa shape index (κ1) is 22.8. The van der Waals surface area contributed by atoms with Gasteiger partial charge in [0.05, 0.1) is 6.54 Å². The molecule has 1 aliphatic carbocycles. The van der Waals surface area contributed by atoms with Crippen LogP contribution >= 0.6 is 35.6 Å². The molecule has 0 radical (unpaired) electrons. The average molecular weight is 495 g/mol. The van der Waals surface area contributed by atoms with Crippen LogP contribution in [-0.2, 0) is 4.79 Å². The van der Waals surface area contributed by atoms with Gasteiger partial charge in [-0.3, -0.25) is 4.79 Å². The van der Waals surface area contributed by atoms with Crippen molar-refractivity contribution in [2.45, 2.75) is 32.8 Å². The van der Waals surface area contributed by atoms with Crippen LogP contribution in [0.25, 0.3) is 0 Å². The summed E-state index contributed by atoms with van der Waals surface area (Å²) in [5, 5.41) is 10.0. The lowest BCUT2D eigenvalue weighted by atomic mass is 10.3. The van der Waals surface area contributed by atoms with Crippen molar-refractivity contribution in [1.29, 1.82) is 0 Å². The van der Waals surface area contributed by atoms with Gasteiger partial charge >= 0.3 is 0 Å². The Morgan fingerprint density at radius 3 is 2.50 bits per heavy atom.